The van der Waals surface area contributed by atoms with Crippen LogP contribution in [0.4, 0.5) is 0 Å². The molecule has 1 amide bonds. The van der Waals surface area contributed by atoms with Crippen LogP contribution in [-0.4, -0.2) is 141 Å². The molecule has 0 atom stereocenters. The predicted octanol–water partition coefficient (Wildman–Crippen LogP) is 1.44. The van der Waals surface area contributed by atoms with E-state index in [0.717, 1.165) is 19.3 Å². The van der Waals surface area contributed by atoms with Crippen molar-refractivity contribution in [3.8, 4) is 0 Å². The summed E-state index contributed by atoms with van der Waals surface area (Å²) in [5.41, 5.74) is 0. The zero-order chi connectivity index (χ0) is 21.2. The molecule has 166 valence electrons. The molecule has 2 radical (unpaired) electrons. The van der Waals surface area contributed by atoms with E-state index in [2.05, 4.69) is 6.92 Å². The molecule has 10 heteroatoms. The standard InChI is InChI=1S/C20H38N2O6.2Na/c1-2-3-4-5-6-7-8-9-10-11-18(24)22(14-15-23)13-12-21(16-19(25)26)17-20(27)28;;/h23H,2-17H2,1H3,(H,25,26)(H,27,28);;. The number of amides is 1. The Kier molecular flexibility index (Phi) is 27.9. The summed E-state index contributed by atoms with van der Waals surface area (Å²) in [6.07, 6.45) is 10.9. The summed E-state index contributed by atoms with van der Waals surface area (Å²) in [7, 11) is 0. The van der Waals surface area contributed by atoms with Crippen LogP contribution in [0.1, 0.15) is 71.1 Å². The number of aliphatic carboxylic acids is 2. The minimum atomic E-state index is -1.11. The molecule has 0 unspecified atom stereocenters. The molecule has 0 spiro atoms. The molecule has 8 nitrogen and oxygen atoms in total. The van der Waals surface area contributed by atoms with Crippen molar-refractivity contribution in [2.75, 3.05) is 39.3 Å². The number of carbonyl (C=O) groups excluding carboxylic acids is 1. The molecule has 0 aromatic carbocycles. The molecule has 0 fully saturated rings. The van der Waals surface area contributed by atoms with Crippen molar-refractivity contribution in [3.05, 3.63) is 0 Å². The second-order valence-corrected chi connectivity index (χ2v) is 7.18. The van der Waals surface area contributed by atoms with Gasteiger partial charge in [-0.15, -0.1) is 0 Å². The molecular weight excluding hydrogens is 410 g/mol. The van der Waals surface area contributed by atoms with E-state index in [4.69, 9.17) is 10.2 Å². The number of carboxylic acids is 2. The van der Waals surface area contributed by atoms with Crippen molar-refractivity contribution >= 4 is 77.0 Å². The Bertz CT molecular complexity index is 439. The van der Waals surface area contributed by atoms with E-state index < -0.39 is 25.0 Å². The van der Waals surface area contributed by atoms with Crippen molar-refractivity contribution in [1.82, 2.24) is 9.80 Å². The van der Waals surface area contributed by atoms with Crippen molar-refractivity contribution < 1.29 is 29.7 Å². The summed E-state index contributed by atoms with van der Waals surface area (Å²) in [6.45, 7) is 1.75. The number of carbonyl (C=O) groups is 3. The van der Waals surface area contributed by atoms with Crippen LogP contribution in [0, 0.1) is 0 Å². The molecule has 0 rings (SSSR count). The Labute approximate surface area is 225 Å². The first kappa shape index (κ1) is 34.9. The average molecular weight is 449 g/mol. The first-order valence-electron chi connectivity index (χ1n) is 10.4. The van der Waals surface area contributed by atoms with Gasteiger partial charge in [-0.1, -0.05) is 58.3 Å². The number of unbranched alkanes of at least 4 members (excludes halogenated alkanes) is 8. The van der Waals surface area contributed by atoms with Gasteiger partial charge in [-0.05, 0) is 6.42 Å². The fraction of sp³-hybridized carbons (Fsp3) is 0.850. The first-order chi connectivity index (χ1) is 13.4. The van der Waals surface area contributed by atoms with Gasteiger partial charge in [0.2, 0.25) is 5.91 Å². The maximum atomic E-state index is 12.4. The molecule has 0 aliphatic heterocycles. The van der Waals surface area contributed by atoms with Crippen LogP contribution in [-0.2, 0) is 14.4 Å². The van der Waals surface area contributed by atoms with Crippen LogP contribution in [0.3, 0.4) is 0 Å². The Morgan fingerprint density at radius 2 is 1.17 bits per heavy atom. The van der Waals surface area contributed by atoms with Gasteiger partial charge >= 0.3 is 11.9 Å². The summed E-state index contributed by atoms with van der Waals surface area (Å²) < 4.78 is 0. The molecule has 0 heterocycles. The zero-order valence-electron chi connectivity index (χ0n) is 19.3. The quantitative estimate of drug-likeness (QED) is 0.202. The van der Waals surface area contributed by atoms with E-state index in [1.807, 2.05) is 0 Å². The summed E-state index contributed by atoms with van der Waals surface area (Å²) >= 11 is 0. The van der Waals surface area contributed by atoms with Gasteiger partial charge in [0.25, 0.3) is 0 Å². The SMILES string of the molecule is CCCCCCCCCCCC(=O)N(CCO)CCN(CC(=O)O)CC(=O)O.[Na].[Na]. The molecular formula is C20H38N2Na2O6. The van der Waals surface area contributed by atoms with Crippen molar-refractivity contribution in [2.45, 2.75) is 71.1 Å². The predicted molar refractivity (Wildman–Crippen MR) is 119 cm³/mol. The van der Waals surface area contributed by atoms with E-state index in [1.165, 1.54) is 48.3 Å². The molecule has 0 aliphatic carbocycles. The van der Waals surface area contributed by atoms with Gasteiger partial charge in [0.1, 0.15) is 0 Å². The minimum Gasteiger partial charge on any atom is -0.480 e. The zero-order valence-corrected chi connectivity index (χ0v) is 23.3. The normalized spacial score (nSPS) is 10.2. The molecule has 30 heavy (non-hydrogen) atoms. The third-order valence-electron chi connectivity index (χ3n) is 4.62. The van der Waals surface area contributed by atoms with E-state index >= 15 is 0 Å². The fourth-order valence-corrected chi connectivity index (χ4v) is 3.09. The largest absolute Gasteiger partial charge is 0.480 e. The van der Waals surface area contributed by atoms with Gasteiger partial charge in [0.05, 0.1) is 19.7 Å². The maximum absolute atomic E-state index is 12.4. The Balaban J connectivity index is -0.00000364. The van der Waals surface area contributed by atoms with Crippen molar-refractivity contribution in [1.29, 1.82) is 0 Å². The van der Waals surface area contributed by atoms with E-state index in [1.54, 1.807) is 0 Å². The van der Waals surface area contributed by atoms with E-state index in [0.29, 0.717) is 6.42 Å². The summed E-state index contributed by atoms with van der Waals surface area (Å²) in [5, 5.41) is 26.9. The number of hydrogen-bond acceptors (Lipinski definition) is 5. The number of hydrogen-bond donors (Lipinski definition) is 3. The molecule has 0 bridgehead atoms. The number of carboxylic acid groups (broad SMARTS) is 2. The molecule has 0 aromatic rings. The van der Waals surface area contributed by atoms with E-state index in [-0.39, 0.29) is 91.3 Å². The fourth-order valence-electron chi connectivity index (χ4n) is 3.09. The van der Waals surface area contributed by atoms with Crippen LogP contribution in [0.25, 0.3) is 0 Å². The molecule has 0 saturated carbocycles. The van der Waals surface area contributed by atoms with Gasteiger partial charge in [0, 0.05) is 85.2 Å². The van der Waals surface area contributed by atoms with Crippen molar-refractivity contribution in [2.24, 2.45) is 0 Å². The summed E-state index contributed by atoms with van der Waals surface area (Å²) in [5.74, 6) is -2.31. The third-order valence-corrected chi connectivity index (χ3v) is 4.62. The molecule has 0 aromatic heterocycles. The van der Waals surface area contributed by atoms with Gasteiger partial charge in [0.15, 0.2) is 0 Å². The van der Waals surface area contributed by atoms with Crippen LogP contribution < -0.4 is 0 Å². The summed E-state index contributed by atoms with van der Waals surface area (Å²) in [4.78, 5) is 36.8. The third kappa shape index (κ3) is 21.6. The van der Waals surface area contributed by atoms with Crippen LogP contribution in [0.15, 0.2) is 0 Å². The minimum absolute atomic E-state index is 0. The van der Waals surface area contributed by atoms with Gasteiger partial charge in [-0.2, -0.15) is 0 Å². The first-order valence-corrected chi connectivity index (χ1v) is 10.4. The Morgan fingerprint density at radius 3 is 1.60 bits per heavy atom. The molecule has 0 aliphatic rings. The average Bonchev–Trinajstić information content (AvgIpc) is 2.62. The topological polar surface area (TPSA) is 118 Å². The second kappa shape index (κ2) is 24.0. The van der Waals surface area contributed by atoms with Gasteiger partial charge < -0.3 is 20.2 Å². The van der Waals surface area contributed by atoms with Crippen LogP contribution in [0.2, 0.25) is 0 Å². The molecule has 0 saturated heterocycles. The van der Waals surface area contributed by atoms with Crippen LogP contribution in [0.5, 0.6) is 0 Å². The van der Waals surface area contributed by atoms with Crippen molar-refractivity contribution in [3.63, 3.8) is 0 Å². The maximum Gasteiger partial charge on any atom is 0.317 e. The second-order valence-electron chi connectivity index (χ2n) is 7.18. The Hall–Kier alpha value is 0.330. The van der Waals surface area contributed by atoms with E-state index in [9.17, 15) is 19.5 Å². The number of nitrogens with zero attached hydrogens (tertiary/aromatic N) is 2. The summed E-state index contributed by atoms with van der Waals surface area (Å²) in [6, 6.07) is 0. The van der Waals surface area contributed by atoms with Crippen LogP contribution >= 0.6 is 0 Å². The number of rotatable bonds is 19. The van der Waals surface area contributed by atoms with Gasteiger partial charge in [-0.3, -0.25) is 19.3 Å². The molecule has 3 N–H and O–H groups in total. The monoisotopic (exact) mass is 448 g/mol. The Morgan fingerprint density at radius 1 is 0.700 bits per heavy atom. The van der Waals surface area contributed by atoms with Gasteiger partial charge in [-0.25, -0.2) is 0 Å². The number of aliphatic hydroxyl groups excluding tert-OH is 1. The smallest absolute Gasteiger partial charge is 0.317 e. The number of aliphatic hydroxyl groups is 1.